The number of nitrogens with one attached hydrogen (secondary N) is 5. The number of hydrogen-bond acceptors (Lipinski definition) is 5. The minimum Gasteiger partial charge on any atom is -0.350 e. The molecule has 0 saturated heterocycles. The molecule has 0 bridgehead atoms. The van der Waals surface area contributed by atoms with E-state index in [1.54, 1.807) is 0 Å². The lowest BCUT2D eigenvalue weighted by Crippen LogP contribution is -2.53. The lowest BCUT2D eigenvalue weighted by atomic mass is 10.1. The third-order valence-electron chi connectivity index (χ3n) is 3.85. The quantitative estimate of drug-likeness (QED) is 0.329. The zero-order valence-corrected chi connectivity index (χ0v) is 18.1. The molecule has 4 amide bonds. The van der Waals surface area contributed by atoms with Crippen molar-refractivity contribution in [1.29, 1.82) is 0 Å². The molecular formula is C21H33N5O4. The van der Waals surface area contributed by atoms with Gasteiger partial charge in [0.05, 0.1) is 19.6 Å². The molecule has 1 rings (SSSR count). The van der Waals surface area contributed by atoms with Crippen molar-refractivity contribution in [3.8, 4) is 0 Å². The number of amides is 4. The van der Waals surface area contributed by atoms with E-state index in [0.717, 1.165) is 5.56 Å². The first-order valence-electron chi connectivity index (χ1n) is 10.00. The molecule has 9 heteroatoms. The van der Waals surface area contributed by atoms with Gasteiger partial charge in [-0.2, -0.15) is 0 Å². The number of hydrogen-bond donors (Lipinski definition) is 5. The Kier molecular flexibility index (Phi) is 10.5. The van der Waals surface area contributed by atoms with Crippen molar-refractivity contribution in [2.75, 3.05) is 26.2 Å². The third-order valence-corrected chi connectivity index (χ3v) is 3.85. The van der Waals surface area contributed by atoms with Crippen molar-refractivity contribution in [3.05, 3.63) is 35.9 Å². The molecule has 166 valence electrons. The molecule has 0 saturated carbocycles. The molecule has 0 heterocycles. The molecular weight excluding hydrogens is 386 g/mol. The summed E-state index contributed by atoms with van der Waals surface area (Å²) in [6, 6.07) is 8.34. The molecule has 0 aliphatic carbocycles. The smallest absolute Gasteiger partial charge is 0.243 e. The summed E-state index contributed by atoms with van der Waals surface area (Å²) in [6.07, 6.45) is 0.255. The topological polar surface area (TPSA) is 128 Å². The van der Waals surface area contributed by atoms with Gasteiger partial charge in [0, 0.05) is 12.0 Å². The second-order valence-electron chi connectivity index (χ2n) is 7.88. The SMILES string of the molecule is CCNCC(=O)NCC(=O)N[C@@H](Cc1ccccc1)C(=O)NCC(=O)NC(C)(C)C. The van der Waals surface area contributed by atoms with Crippen LogP contribution in [0, 0.1) is 0 Å². The maximum atomic E-state index is 12.6. The summed E-state index contributed by atoms with van der Waals surface area (Å²) in [4.78, 5) is 48.5. The summed E-state index contributed by atoms with van der Waals surface area (Å²) in [6.45, 7) is 7.71. The van der Waals surface area contributed by atoms with E-state index in [9.17, 15) is 19.2 Å². The van der Waals surface area contributed by atoms with E-state index < -0.39 is 23.4 Å². The van der Waals surface area contributed by atoms with Crippen LogP contribution in [-0.4, -0.2) is 61.4 Å². The fourth-order valence-corrected chi connectivity index (χ4v) is 2.54. The Balaban J connectivity index is 2.67. The van der Waals surface area contributed by atoms with Gasteiger partial charge in [-0.1, -0.05) is 37.3 Å². The number of rotatable bonds is 11. The molecule has 0 spiro atoms. The minimum absolute atomic E-state index is 0.112. The van der Waals surface area contributed by atoms with E-state index in [-0.39, 0.29) is 37.9 Å². The molecule has 1 aromatic rings. The molecule has 0 unspecified atom stereocenters. The summed E-state index contributed by atoms with van der Waals surface area (Å²) in [5.74, 6) is -1.60. The van der Waals surface area contributed by atoms with Crippen LogP contribution >= 0.6 is 0 Å². The molecule has 0 radical (unpaired) electrons. The van der Waals surface area contributed by atoms with E-state index >= 15 is 0 Å². The number of carbonyl (C=O) groups excluding carboxylic acids is 4. The van der Waals surface area contributed by atoms with Crippen molar-refractivity contribution >= 4 is 23.6 Å². The highest BCUT2D eigenvalue weighted by Gasteiger charge is 2.22. The molecule has 0 aliphatic rings. The van der Waals surface area contributed by atoms with Gasteiger partial charge in [-0.15, -0.1) is 0 Å². The second-order valence-corrected chi connectivity index (χ2v) is 7.88. The maximum absolute atomic E-state index is 12.6. The number of benzene rings is 1. The lowest BCUT2D eigenvalue weighted by molar-refractivity contribution is -0.131. The van der Waals surface area contributed by atoms with Gasteiger partial charge in [0.25, 0.3) is 0 Å². The van der Waals surface area contributed by atoms with Gasteiger partial charge in [-0.05, 0) is 32.9 Å². The molecule has 30 heavy (non-hydrogen) atoms. The number of carbonyl (C=O) groups is 4. The largest absolute Gasteiger partial charge is 0.350 e. The maximum Gasteiger partial charge on any atom is 0.243 e. The Labute approximate surface area is 177 Å². The van der Waals surface area contributed by atoms with Crippen molar-refractivity contribution in [1.82, 2.24) is 26.6 Å². The standard InChI is InChI=1S/C21H33N5O4/c1-5-22-12-17(27)23-13-18(28)25-16(11-15-9-7-6-8-10-15)20(30)24-14-19(29)26-21(2,3)4/h6-10,16,22H,5,11-14H2,1-4H3,(H,23,27)(H,24,30)(H,25,28)(H,26,29)/t16-/m0/s1. The predicted octanol–water partition coefficient (Wildman–Crippen LogP) is -0.529. The predicted molar refractivity (Wildman–Crippen MR) is 115 cm³/mol. The first-order chi connectivity index (χ1) is 14.1. The fraction of sp³-hybridized carbons (Fsp3) is 0.524. The van der Waals surface area contributed by atoms with Gasteiger partial charge in [-0.25, -0.2) is 0 Å². The van der Waals surface area contributed by atoms with Crippen LogP contribution in [0.15, 0.2) is 30.3 Å². The van der Waals surface area contributed by atoms with E-state index in [1.165, 1.54) is 0 Å². The Morgan fingerprint density at radius 3 is 2.10 bits per heavy atom. The summed E-state index contributed by atoms with van der Waals surface area (Å²) in [5.41, 5.74) is 0.442. The molecule has 5 N–H and O–H groups in total. The van der Waals surface area contributed by atoms with Crippen molar-refractivity contribution in [3.63, 3.8) is 0 Å². The van der Waals surface area contributed by atoms with Gasteiger partial charge >= 0.3 is 0 Å². The first kappa shape index (κ1) is 25.1. The lowest BCUT2D eigenvalue weighted by Gasteiger charge is -2.22. The van der Waals surface area contributed by atoms with Crippen molar-refractivity contribution in [2.24, 2.45) is 0 Å². The van der Waals surface area contributed by atoms with Crippen molar-refractivity contribution in [2.45, 2.75) is 45.7 Å². The van der Waals surface area contributed by atoms with E-state index in [4.69, 9.17) is 0 Å². The normalized spacial score (nSPS) is 11.9. The van der Waals surface area contributed by atoms with Gasteiger partial charge < -0.3 is 26.6 Å². The molecule has 0 aliphatic heterocycles. The van der Waals surface area contributed by atoms with Gasteiger partial charge in [0.2, 0.25) is 23.6 Å². The van der Waals surface area contributed by atoms with Crippen LogP contribution < -0.4 is 26.6 Å². The van der Waals surface area contributed by atoms with Crippen LogP contribution in [0.1, 0.15) is 33.3 Å². The molecule has 9 nitrogen and oxygen atoms in total. The highest BCUT2D eigenvalue weighted by atomic mass is 16.2. The van der Waals surface area contributed by atoms with Gasteiger partial charge in [0.15, 0.2) is 0 Å². The molecule has 0 aromatic heterocycles. The van der Waals surface area contributed by atoms with Crippen LogP contribution in [-0.2, 0) is 25.6 Å². The van der Waals surface area contributed by atoms with E-state index in [1.807, 2.05) is 58.0 Å². The molecule has 1 atom stereocenters. The Hall–Kier alpha value is -2.94. The van der Waals surface area contributed by atoms with Crippen LogP contribution in [0.3, 0.4) is 0 Å². The fourth-order valence-electron chi connectivity index (χ4n) is 2.54. The Bertz CT molecular complexity index is 716. The second kappa shape index (κ2) is 12.6. The van der Waals surface area contributed by atoms with E-state index in [2.05, 4.69) is 26.6 Å². The zero-order valence-electron chi connectivity index (χ0n) is 18.1. The van der Waals surface area contributed by atoms with Gasteiger partial charge in [0.1, 0.15) is 6.04 Å². The zero-order chi connectivity index (χ0) is 22.6. The average Bonchev–Trinajstić information content (AvgIpc) is 2.68. The first-order valence-corrected chi connectivity index (χ1v) is 10.00. The molecule has 1 aromatic carbocycles. The average molecular weight is 420 g/mol. The Morgan fingerprint density at radius 2 is 1.50 bits per heavy atom. The summed E-state index contributed by atoms with van der Waals surface area (Å²) < 4.78 is 0. The summed E-state index contributed by atoms with van der Waals surface area (Å²) in [7, 11) is 0. The van der Waals surface area contributed by atoms with Crippen molar-refractivity contribution < 1.29 is 19.2 Å². The highest BCUT2D eigenvalue weighted by Crippen LogP contribution is 2.04. The summed E-state index contributed by atoms with van der Waals surface area (Å²) in [5, 5.41) is 13.3. The number of likely N-dealkylation sites (N-methyl/N-ethyl adjacent to an activating group) is 1. The van der Waals surface area contributed by atoms with Gasteiger partial charge in [-0.3, -0.25) is 19.2 Å². The molecule has 0 fully saturated rings. The van der Waals surface area contributed by atoms with Crippen LogP contribution in [0.4, 0.5) is 0 Å². The minimum atomic E-state index is -0.881. The van der Waals surface area contributed by atoms with E-state index in [0.29, 0.717) is 6.54 Å². The van der Waals surface area contributed by atoms with Crippen LogP contribution in [0.5, 0.6) is 0 Å². The van der Waals surface area contributed by atoms with Crippen LogP contribution in [0.25, 0.3) is 0 Å². The monoisotopic (exact) mass is 419 g/mol. The van der Waals surface area contributed by atoms with Crippen LogP contribution in [0.2, 0.25) is 0 Å². The summed E-state index contributed by atoms with van der Waals surface area (Å²) >= 11 is 0. The Morgan fingerprint density at radius 1 is 0.867 bits per heavy atom. The third kappa shape index (κ3) is 11.2. The highest BCUT2D eigenvalue weighted by molar-refractivity contribution is 5.92.